The molecule has 0 heterocycles. The lowest BCUT2D eigenvalue weighted by Crippen LogP contribution is -1.99. The molecule has 1 amide bonds. The van der Waals surface area contributed by atoms with Gasteiger partial charge >= 0.3 is 0 Å². The van der Waals surface area contributed by atoms with Crippen molar-refractivity contribution in [1.82, 2.24) is 0 Å². The molecule has 3 nitrogen and oxygen atoms in total. The first-order valence-corrected chi connectivity index (χ1v) is 2.99. The van der Waals surface area contributed by atoms with E-state index >= 15 is 0 Å². The van der Waals surface area contributed by atoms with Gasteiger partial charge < -0.3 is 11.1 Å². The van der Waals surface area contributed by atoms with Crippen molar-refractivity contribution in [1.29, 1.82) is 0 Å². The largest absolute Gasteiger partial charge is 0.397 e. The Kier molecular flexibility index (Phi) is 2.06. The van der Waals surface area contributed by atoms with Crippen LogP contribution in [0.4, 0.5) is 15.8 Å². The van der Waals surface area contributed by atoms with Crippen molar-refractivity contribution >= 4 is 17.8 Å². The highest BCUT2D eigenvalue weighted by Gasteiger charge is 1.97. The molecule has 3 N–H and O–H groups in total. The van der Waals surface area contributed by atoms with Gasteiger partial charge in [0, 0.05) is 0 Å². The Labute approximate surface area is 63.0 Å². The molecule has 4 heteroatoms. The Bertz CT molecular complexity index is 275. The van der Waals surface area contributed by atoms with Crippen LogP contribution in [-0.4, -0.2) is 6.41 Å². The molecule has 0 radical (unpaired) electrons. The van der Waals surface area contributed by atoms with Crippen LogP contribution >= 0.6 is 0 Å². The summed E-state index contributed by atoms with van der Waals surface area (Å²) in [6, 6.07) is 3.77. The van der Waals surface area contributed by atoms with E-state index in [2.05, 4.69) is 5.32 Å². The van der Waals surface area contributed by atoms with E-state index in [1.54, 1.807) is 0 Å². The van der Waals surface area contributed by atoms with Gasteiger partial charge in [-0.1, -0.05) is 0 Å². The summed E-state index contributed by atoms with van der Waals surface area (Å²) in [7, 11) is 0. The van der Waals surface area contributed by atoms with E-state index in [0.717, 1.165) is 6.07 Å². The van der Waals surface area contributed by atoms with Crippen molar-refractivity contribution in [2.75, 3.05) is 11.1 Å². The first-order chi connectivity index (χ1) is 5.24. The van der Waals surface area contributed by atoms with Gasteiger partial charge in [0.2, 0.25) is 6.41 Å². The van der Waals surface area contributed by atoms with Crippen LogP contribution in [-0.2, 0) is 4.79 Å². The lowest BCUT2D eigenvalue weighted by atomic mass is 10.2. The molecule has 0 saturated heterocycles. The average Bonchev–Trinajstić information content (AvgIpc) is 1.98. The summed E-state index contributed by atoms with van der Waals surface area (Å²) >= 11 is 0. The van der Waals surface area contributed by atoms with Gasteiger partial charge in [-0.15, -0.1) is 0 Å². The number of nitrogens with two attached hydrogens (primary N) is 1. The molecule has 0 bridgehead atoms. The highest BCUT2D eigenvalue weighted by molar-refractivity contribution is 5.79. The van der Waals surface area contributed by atoms with Gasteiger partial charge in [0.1, 0.15) is 5.82 Å². The van der Waals surface area contributed by atoms with E-state index < -0.39 is 5.82 Å². The second-order valence-corrected chi connectivity index (χ2v) is 1.99. The minimum absolute atomic E-state index is 0.292. The fourth-order valence-corrected chi connectivity index (χ4v) is 0.717. The predicted octanol–water partition coefficient (Wildman–Crippen LogP) is 0.976. The van der Waals surface area contributed by atoms with Gasteiger partial charge in [-0.05, 0) is 18.2 Å². The quantitative estimate of drug-likeness (QED) is 0.492. The molecule has 0 aliphatic carbocycles. The van der Waals surface area contributed by atoms with E-state index in [0.29, 0.717) is 17.8 Å². The van der Waals surface area contributed by atoms with Gasteiger partial charge in [-0.2, -0.15) is 0 Å². The standard InChI is InChI=1S/C7H7FN2O/c8-5-1-2-6(9)7(3-5)10-4-11/h1-4H,9H2,(H,10,11). The van der Waals surface area contributed by atoms with Crippen LogP contribution < -0.4 is 11.1 Å². The highest BCUT2D eigenvalue weighted by atomic mass is 19.1. The number of hydrogen-bond donors (Lipinski definition) is 2. The first-order valence-electron chi connectivity index (χ1n) is 2.99. The number of hydrogen-bond acceptors (Lipinski definition) is 2. The lowest BCUT2D eigenvalue weighted by Gasteiger charge is -2.01. The maximum atomic E-state index is 12.5. The minimum atomic E-state index is -0.427. The lowest BCUT2D eigenvalue weighted by molar-refractivity contribution is -0.105. The average molecular weight is 154 g/mol. The second-order valence-electron chi connectivity index (χ2n) is 1.99. The van der Waals surface area contributed by atoms with Gasteiger partial charge in [-0.3, -0.25) is 4.79 Å². The molecule has 0 saturated carbocycles. The van der Waals surface area contributed by atoms with Crippen LogP contribution in [0.5, 0.6) is 0 Å². The number of rotatable bonds is 2. The zero-order valence-electron chi connectivity index (χ0n) is 5.67. The molecule has 0 unspecified atom stereocenters. The van der Waals surface area contributed by atoms with Crippen molar-refractivity contribution < 1.29 is 9.18 Å². The molecule has 0 atom stereocenters. The van der Waals surface area contributed by atoms with Crippen LogP contribution in [0, 0.1) is 5.82 Å². The number of anilines is 2. The van der Waals surface area contributed by atoms with Gasteiger partial charge in [0.15, 0.2) is 0 Å². The number of nitrogens with one attached hydrogen (secondary N) is 1. The summed E-state index contributed by atoms with van der Waals surface area (Å²) in [4.78, 5) is 9.95. The number of nitrogen functional groups attached to an aromatic ring is 1. The highest BCUT2D eigenvalue weighted by Crippen LogP contribution is 2.17. The molecule has 0 spiro atoms. The topological polar surface area (TPSA) is 55.1 Å². The van der Waals surface area contributed by atoms with Gasteiger partial charge in [0.05, 0.1) is 11.4 Å². The molecule has 0 aliphatic rings. The van der Waals surface area contributed by atoms with Crippen LogP contribution in [0.1, 0.15) is 0 Å². The third-order valence-electron chi connectivity index (χ3n) is 1.23. The number of carbonyl (C=O) groups is 1. The fraction of sp³-hybridized carbons (Fsp3) is 0. The summed E-state index contributed by atoms with van der Waals surface area (Å²) < 4.78 is 12.5. The Balaban J connectivity index is 3.01. The number of carbonyl (C=O) groups excluding carboxylic acids is 1. The number of halogens is 1. The van der Waals surface area contributed by atoms with Gasteiger partial charge in [-0.25, -0.2) is 4.39 Å². The van der Waals surface area contributed by atoms with Crippen LogP contribution in [0.15, 0.2) is 18.2 Å². The molecule has 0 aliphatic heterocycles. The van der Waals surface area contributed by atoms with Crippen molar-refractivity contribution in [2.45, 2.75) is 0 Å². The van der Waals surface area contributed by atoms with Crippen LogP contribution in [0.2, 0.25) is 0 Å². The van der Waals surface area contributed by atoms with Crippen molar-refractivity contribution in [3.8, 4) is 0 Å². The summed E-state index contributed by atoms with van der Waals surface area (Å²) in [5.74, 6) is -0.427. The molecular formula is C7H7FN2O. The fourth-order valence-electron chi connectivity index (χ4n) is 0.717. The predicted molar refractivity (Wildman–Crippen MR) is 40.5 cm³/mol. The zero-order valence-corrected chi connectivity index (χ0v) is 5.67. The monoisotopic (exact) mass is 154 g/mol. The maximum Gasteiger partial charge on any atom is 0.211 e. The zero-order chi connectivity index (χ0) is 8.27. The Morgan fingerprint density at radius 1 is 1.55 bits per heavy atom. The van der Waals surface area contributed by atoms with Gasteiger partial charge in [0.25, 0.3) is 0 Å². The summed E-state index contributed by atoms with van der Waals surface area (Å²) in [5.41, 5.74) is 6.02. The van der Waals surface area contributed by atoms with Crippen LogP contribution in [0.25, 0.3) is 0 Å². The molecule has 58 valence electrons. The molecule has 1 rings (SSSR count). The molecule has 1 aromatic carbocycles. The van der Waals surface area contributed by atoms with E-state index in [9.17, 15) is 9.18 Å². The van der Waals surface area contributed by atoms with Crippen LogP contribution in [0.3, 0.4) is 0 Å². The molecule has 11 heavy (non-hydrogen) atoms. The summed E-state index contributed by atoms with van der Waals surface area (Å²) in [6.07, 6.45) is 0.450. The summed E-state index contributed by atoms with van der Waals surface area (Å²) in [5, 5.41) is 2.27. The van der Waals surface area contributed by atoms with E-state index in [4.69, 9.17) is 5.73 Å². The third-order valence-corrected chi connectivity index (χ3v) is 1.23. The van der Waals surface area contributed by atoms with Crippen molar-refractivity contribution in [2.24, 2.45) is 0 Å². The second kappa shape index (κ2) is 3.01. The Morgan fingerprint density at radius 2 is 2.27 bits per heavy atom. The molecular weight excluding hydrogens is 147 g/mol. The van der Waals surface area contributed by atoms with Crippen molar-refractivity contribution in [3.63, 3.8) is 0 Å². The SMILES string of the molecule is Nc1ccc(F)cc1NC=O. The molecule has 0 fully saturated rings. The van der Waals surface area contributed by atoms with E-state index in [1.165, 1.54) is 12.1 Å². The number of amides is 1. The smallest absolute Gasteiger partial charge is 0.211 e. The van der Waals surface area contributed by atoms with E-state index in [1.807, 2.05) is 0 Å². The van der Waals surface area contributed by atoms with Crippen molar-refractivity contribution in [3.05, 3.63) is 24.0 Å². The minimum Gasteiger partial charge on any atom is -0.397 e. The third kappa shape index (κ3) is 1.67. The molecule has 0 aromatic heterocycles. The maximum absolute atomic E-state index is 12.5. The Hall–Kier alpha value is -1.58. The normalized spacial score (nSPS) is 9.18. The summed E-state index contributed by atoms with van der Waals surface area (Å²) in [6.45, 7) is 0. The Morgan fingerprint density at radius 3 is 2.91 bits per heavy atom. The number of benzene rings is 1. The molecule has 1 aromatic rings. The first kappa shape index (κ1) is 7.53. The van der Waals surface area contributed by atoms with E-state index in [-0.39, 0.29) is 0 Å².